The third-order valence-corrected chi connectivity index (χ3v) is 4.96. The molecule has 1 aromatic carbocycles. The Bertz CT molecular complexity index is 781. The number of H-pyrrole nitrogens is 1. The van der Waals surface area contributed by atoms with Gasteiger partial charge in [-0.05, 0) is 49.2 Å². The van der Waals surface area contributed by atoms with Crippen molar-refractivity contribution in [2.24, 2.45) is 0 Å². The van der Waals surface area contributed by atoms with Crippen LogP contribution < -0.4 is 0 Å². The molecule has 0 aliphatic heterocycles. The molecule has 1 saturated carbocycles. The van der Waals surface area contributed by atoms with Gasteiger partial charge < -0.3 is 4.90 Å². The van der Waals surface area contributed by atoms with Crippen LogP contribution in [0.3, 0.4) is 0 Å². The number of aromatic nitrogens is 3. The van der Waals surface area contributed by atoms with Gasteiger partial charge in [-0.2, -0.15) is 5.10 Å². The molecular formula is C17H21BrN4OS. The molecule has 1 fully saturated rings. The summed E-state index contributed by atoms with van der Waals surface area (Å²) in [6, 6.07) is 8.47. The summed E-state index contributed by atoms with van der Waals surface area (Å²) in [7, 11) is 0. The van der Waals surface area contributed by atoms with Crippen molar-refractivity contribution < 1.29 is 4.79 Å². The number of rotatable bonds is 7. The van der Waals surface area contributed by atoms with Gasteiger partial charge in [-0.25, -0.2) is 0 Å². The number of benzene rings is 1. The highest BCUT2D eigenvalue weighted by Gasteiger charge is 2.32. The minimum absolute atomic E-state index is 0.104. The minimum atomic E-state index is 0.104. The topological polar surface area (TPSA) is 53.9 Å². The first-order valence-electron chi connectivity index (χ1n) is 8.26. The Labute approximate surface area is 155 Å². The van der Waals surface area contributed by atoms with Crippen LogP contribution in [0.2, 0.25) is 0 Å². The highest BCUT2D eigenvalue weighted by Crippen LogP contribution is 2.29. The van der Waals surface area contributed by atoms with Crippen LogP contribution in [0, 0.1) is 4.77 Å². The molecule has 0 spiro atoms. The van der Waals surface area contributed by atoms with Crippen LogP contribution in [-0.2, 0) is 24.3 Å². The van der Waals surface area contributed by atoms with Crippen molar-refractivity contribution in [3.8, 4) is 0 Å². The van der Waals surface area contributed by atoms with Crippen LogP contribution >= 0.6 is 28.1 Å². The summed E-state index contributed by atoms with van der Waals surface area (Å²) < 4.78 is 3.38. The third kappa shape index (κ3) is 4.13. The summed E-state index contributed by atoms with van der Waals surface area (Å²) in [5.74, 6) is 0.960. The van der Waals surface area contributed by atoms with Crippen LogP contribution in [0.25, 0.3) is 0 Å². The Kier molecular flexibility index (Phi) is 5.50. The maximum atomic E-state index is 12.9. The summed E-state index contributed by atoms with van der Waals surface area (Å²) in [5, 5.41) is 7.05. The lowest BCUT2D eigenvalue weighted by Crippen LogP contribution is -2.35. The van der Waals surface area contributed by atoms with Gasteiger partial charge in [-0.3, -0.25) is 14.5 Å². The molecule has 128 valence electrons. The highest BCUT2D eigenvalue weighted by molar-refractivity contribution is 9.10. The van der Waals surface area contributed by atoms with Gasteiger partial charge in [0.05, 0.1) is 0 Å². The molecule has 3 rings (SSSR count). The largest absolute Gasteiger partial charge is 0.334 e. The fraction of sp³-hybridized carbons (Fsp3) is 0.471. The lowest BCUT2D eigenvalue weighted by Gasteiger charge is -2.23. The second kappa shape index (κ2) is 7.61. The fourth-order valence-corrected chi connectivity index (χ4v) is 3.46. The second-order valence-corrected chi connectivity index (χ2v) is 7.47. The van der Waals surface area contributed by atoms with E-state index in [0.717, 1.165) is 41.5 Å². The summed E-state index contributed by atoms with van der Waals surface area (Å²) in [5.41, 5.74) is 1.13. The van der Waals surface area contributed by atoms with Gasteiger partial charge in [0.15, 0.2) is 4.77 Å². The van der Waals surface area contributed by atoms with Crippen molar-refractivity contribution in [3.05, 3.63) is 44.9 Å². The molecule has 1 aliphatic rings. The standard InChI is InChI=1S/C17H21BrN4OS/c1-2-4-15-19-20-17(24)22(15)11-16(23)21(14-7-8-14)10-12-5-3-6-13(18)9-12/h3,5-6,9,14H,2,4,7-8,10-11H2,1H3,(H,20,24). The Balaban J connectivity index is 1.76. The van der Waals surface area contributed by atoms with E-state index in [4.69, 9.17) is 12.2 Å². The van der Waals surface area contributed by atoms with Crippen molar-refractivity contribution in [2.45, 2.75) is 51.7 Å². The zero-order valence-corrected chi connectivity index (χ0v) is 16.1. The average Bonchev–Trinajstić information content (AvgIpc) is 3.33. The van der Waals surface area contributed by atoms with Gasteiger partial charge in [-0.1, -0.05) is 35.0 Å². The van der Waals surface area contributed by atoms with Gasteiger partial charge in [0.25, 0.3) is 0 Å². The molecule has 1 aromatic heterocycles. The molecule has 2 aromatic rings. The molecule has 0 atom stereocenters. The summed E-state index contributed by atoms with van der Waals surface area (Å²) in [4.78, 5) is 14.9. The van der Waals surface area contributed by atoms with Crippen LogP contribution in [0.1, 0.15) is 37.6 Å². The van der Waals surface area contributed by atoms with Gasteiger partial charge in [0, 0.05) is 23.5 Å². The van der Waals surface area contributed by atoms with Crippen LogP contribution in [0.15, 0.2) is 28.7 Å². The molecule has 1 N–H and O–H groups in total. The molecule has 0 unspecified atom stereocenters. The first-order valence-corrected chi connectivity index (χ1v) is 9.46. The fourth-order valence-electron chi connectivity index (χ4n) is 2.79. The summed E-state index contributed by atoms with van der Waals surface area (Å²) in [6.45, 7) is 2.99. The monoisotopic (exact) mass is 408 g/mol. The normalized spacial score (nSPS) is 13.9. The number of aromatic amines is 1. The number of halogens is 1. The van der Waals surface area contributed by atoms with Gasteiger partial charge in [0.1, 0.15) is 12.4 Å². The number of carbonyl (C=O) groups is 1. The molecular weight excluding hydrogens is 388 g/mol. The number of carbonyl (C=O) groups excluding carboxylic acids is 1. The Morgan fingerprint density at radius 1 is 1.50 bits per heavy atom. The van der Waals surface area contributed by atoms with Crippen LogP contribution in [0.5, 0.6) is 0 Å². The van der Waals surface area contributed by atoms with E-state index >= 15 is 0 Å². The minimum Gasteiger partial charge on any atom is -0.334 e. The molecule has 5 nitrogen and oxygen atoms in total. The highest BCUT2D eigenvalue weighted by atomic mass is 79.9. The molecule has 24 heavy (non-hydrogen) atoms. The van der Waals surface area contributed by atoms with Crippen molar-refractivity contribution >= 4 is 34.1 Å². The Hall–Kier alpha value is -1.47. The van der Waals surface area contributed by atoms with Crippen LogP contribution in [0.4, 0.5) is 0 Å². The van der Waals surface area contributed by atoms with E-state index in [2.05, 4.69) is 45.2 Å². The first-order chi connectivity index (χ1) is 11.6. The average molecular weight is 409 g/mol. The van der Waals surface area contributed by atoms with E-state index in [9.17, 15) is 4.79 Å². The Morgan fingerprint density at radius 3 is 2.96 bits per heavy atom. The van der Waals surface area contributed by atoms with Crippen molar-refractivity contribution in [1.29, 1.82) is 0 Å². The predicted molar refractivity (Wildman–Crippen MR) is 99.1 cm³/mol. The van der Waals surface area contributed by atoms with E-state index in [0.29, 0.717) is 17.4 Å². The number of hydrogen-bond donors (Lipinski definition) is 1. The zero-order valence-electron chi connectivity index (χ0n) is 13.7. The number of nitrogens with zero attached hydrogens (tertiary/aromatic N) is 3. The number of hydrogen-bond acceptors (Lipinski definition) is 3. The zero-order chi connectivity index (χ0) is 17.1. The quantitative estimate of drug-likeness (QED) is 0.707. The number of aryl methyl sites for hydroxylation is 1. The SMILES string of the molecule is CCCc1n[nH]c(=S)n1CC(=O)N(Cc1cccc(Br)c1)C1CC1. The van der Waals surface area contributed by atoms with Crippen molar-refractivity contribution in [3.63, 3.8) is 0 Å². The van der Waals surface area contributed by atoms with E-state index in [1.807, 2.05) is 21.6 Å². The van der Waals surface area contributed by atoms with Gasteiger partial charge in [0.2, 0.25) is 5.91 Å². The predicted octanol–water partition coefficient (Wildman–Crippen LogP) is 3.85. The number of nitrogens with one attached hydrogen (secondary N) is 1. The molecule has 0 saturated heterocycles. The van der Waals surface area contributed by atoms with Gasteiger partial charge in [-0.15, -0.1) is 0 Å². The van der Waals surface area contributed by atoms with Crippen molar-refractivity contribution in [2.75, 3.05) is 0 Å². The van der Waals surface area contributed by atoms with Gasteiger partial charge >= 0.3 is 0 Å². The number of amides is 1. The molecule has 0 radical (unpaired) electrons. The maximum Gasteiger partial charge on any atom is 0.243 e. The van der Waals surface area contributed by atoms with E-state index < -0.39 is 0 Å². The molecule has 1 aliphatic carbocycles. The smallest absolute Gasteiger partial charge is 0.243 e. The molecule has 0 bridgehead atoms. The lowest BCUT2D eigenvalue weighted by molar-refractivity contribution is -0.133. The van der Waals surface area contributed by atoms with E-state index in [-0.39, 0.29) is 12.5 Å². The van der Waals surface area contributed by atoms with Crippen molar-refractivity contribution in [1.82, 2.24) is 19.7 Å². The Morgan fingerprint density at radius 2 is 2.29 bits per heavy atom. The third-order valence-electron chi connectivity index (χ3n) is 4.15. The van der Waals surface area contributed by atoms with Crippen LogP contribution in [-0.4, -0.2) is 31.6 Å². The molecule has 1 amide bonds. The maximum absolute atomic E-state index is 12.9. The summed E-state index contributed by atoms with van der Waals surface area (Å²) >= 11 is 8.78. The molecule has 7 heteroatoms. The van der Waals surface area contributed by atoms with E-state index in [1.165, 1.54) is 0 Å². The second-order valence-electron chi connectivity index (χ2n) is 6.16. The van der Waals surface area contributed by atoms with E-state index in [1.54, 1.807) is 0 Å². The summed E-state index contributed by atoms with van der Waals surface area (Å²) in [6.07, 6.45) is 3.95. The molecule has 1 heterocycles. The lowest BCUT2D eigenvalue weighted by atomic mass is 10.2. The first kappa shape index (κ1) is 17.4.